The van der Waals surface area contributed by atoms with Gasteiger partial charge in [0.25, 0.3) is 0 Å². The topological polar surface area (TPSA) is 65.4 Å². The number of para-hydroxylation sites is 1. The van der Waals surface area contributed by atoms with Crippen LogP contribution in [0.25, 0.3) is 5.69 Å². The summed E-state index contributed by atoms with van der Waals surface area (Å²) in [5.74, 6) is 1.49. The van der Waals surface area contributed by atoms with E-state index in [1.165, 1.54) is 20.0 Å². The van der Waals surface area contributed by atoms with Crippen LogP contribution in [0, 0.1) is 0 Å². The van der Waals surface area contributed by atoms with E-state index in [2.05, 4.69) is 11.4 Å². The van der Waals surface area contributed by atoms with Crippen LogP contribution in [-0.2, 0) is 4.74 Å². The molecule has 1 aromatic heterocycles. The summed E-state index contributed by atoms with van der Waals surface area (Å²) in [6.07, 6.45) is 2.34. The van der Waals surface area contributed by atoms with E-state index in [0.29, 0.717) is 22.9 Å². The lowest BCUT2D eigenvalue weighted by Gasteiger charge is -2.13. The Kier molecular flexibility index (Phi) is 4.54. The van der Waals surface area contributed by atoms with Gasteiger partial charge in [0, 0.05) is 12.0 Å². The van der Waals surface area contributed by atoms with Crippen molar-refractivity contribution in [2.24, 2.45) is 0 Å². The maximum atomic E-state index is 12.2. The van der Waals surface area contributed by atoms with Gasteiger partial charge in [0.2, 0.25) is 0 Å². The first-order valence-corrected chi connectivity index (χ1v) is 8.88. The molecule has 4 rings (SSSR count). The zero-order chi connectivity index (χ0) is 18.8. The van der Waals surface area contributed by atoms with E-state index < -0.39 is 5.97 Å². The van der Waals surface area contributed by atoms with Crippen LogP contribution in [0.4, 0.5) is 11.5 Å². The van der Waals surface area contributed by atoms with Gasteiger partial charge in [-0.2, -0.15) is 5.10 Å². The molecular formula is C21H21N3O3. The Morgan fingerprint density at radius 3 is 2.56 bits per heavy atom. The molecule has 138 valence electrons. The van der Waals surface area contributed by atoms with Crippen LogP contribution in [0.1, 0.15) is 34.8 Å². The summed E-state index contributed by atoms with van der Waals surface area (Å²) in [4.78, 5) is 12.2. The Morgan fingerprint density at radius 1 is 1.11 bits per heavy atom. The molecule has 3 aromatic rings. The van der Waals surface area contributed by atoms with Gasteiger partial charge in [-0.25, -0.2) is 9.48 Å². The third-order valence-corrected chi connectivity index (χ3v) is 4.62. The van der Waals surface area contributed by atoms with Crippen molar-refractivity contribution in [1.82, 2.24) is 9.78 Å². The van der Waals surface area contributed by atoms with Crippen molar-refractivity contribution >= 4 is 17.5 Å². The summed E-state index contributed by atoms with van der Waals surface area (Å²) < 4.78 is 12.0. The summed E-state index contributed by atoms with van der Waals surface area (Å²) in [5.41, 5.74) is 3.07. The largest absolute Gasteiger partial charge is 0.497 e. The van der Waals surface area contributed by atoms with Crippen molar-refractivity contribution in [3.05, 3.63) is 65.9 Å². The van der Waals surface area contributed by atoms with E-state index >= 15 is 0 Å². The van der Waals surface area contributed by atoms with Crippen LogP contribution in [0.2, 0.25) is 0 Å². The number of carbonyl (C=O) groups is 1. The zero-order valence-corrected chi connectivity index (χ0v) is 15.3. The Balaban J connectivity index is 1.75. The number of ether oxygens (including phenoxy) is 2. The molecule has 1 fully saturated rings. The maximum absolute atomic E-state index is 12.2. The van der Waals surface area contributed by atoms with Crippen molar-refractivity contribution < 1.29 is 14.3 Å². The number of aromatic nitrogens is 2. The quantitative estimate of drug-likeness (QED) is 0.662. The second-order valence-corrected chi connectivity index (χ2v) is 6.50. The number of nitrogens with zero attached hydrogens (tertiary/aromatic N) is 2. The zero-order valence-electron chi connectivity index (χ0n) is 15.3. The molecule has 1 aliphatic rings. The Bertz CT molecular complexity index is 962. The number of carbonyl (C=O) groups excluding carboxylic acids is 1. The van der Waals surface area contributed by atoms with Crippen molar-refractivity contribution in [3.63, 3.8) is 0 Å². The second-order valence-electron chi connectivity index (χ2n) is 6.50. The van der Waals surface area contributed by atoms with E-state index in [9.17, 15) is 4.79 Å². The molecule has 0 saturated heterocycles. The first-order valence-electron chi connectivity index (χ1n) is 8.88. The molecule has 0 unspecified atom stereocenters. The summed E-state index contributed by atoms with van der Waals surface area (Å²) in [7, 11) is 2.93. The van der Waals surface area contributed by atoms with Gasteiger partial charge in [-0.3, -0.25) is 0 Å². The van der Waals surface area contributed by atoms with Crippen LogP contribution in [0.3, 0.4) is 0 Å². The number of anilines is 2. The smallest absolute Gasteiger partial charge is 0.340 e. The van der Waals surface area contributed by atoms with E-state index in [1.807, 2.05) is 41.1 Å². The van der Waals surface area contributed by atoms with Gasteiger partial charge in [-0.05, 0) is 43.2 Å². The minimum Gasteiger partial charge on any atom is -0.497 e. The summed E-state index contributed by atoms with van der Waals surface area (Å²) in [5, 5.41) is 8.13. The Labute approximate surface area is 157 Å². The van der Waals surface area contributed by atoms with Crippen LogP contribution in [0.5, 0.6) is 5.75 Å². The summed E-state index contributed by atoms with van der Waals surface area (Å²) in [6.45, 7) is 0. The monoisotopic (exact) mass is 363 g/mol. The Morgan fingerprint density at radius 2 is 1.89 bits per heavy atom. The highest BCUT2D eigenvalue weighted by molar-refractivity contribution is 5.97. The van der Waals surface area contributed by atoms with Gasteiger partial charge in [0.05, 0.1) is 36.9 Å². The number of benzene rings is 2. The number of nitrogens with one attached hydrogen (secondary N) is 1. The number of rotatable bonds is 6. The van der Waals surface area contributed by atoms with Crippen molar-refractivity contribution in [2.45, 2.75) is 18.8 Å². The second kappa shape index (κ2) is 7.15. The fourth-order valence-corrected chi connectivity index (χ4v) is 3.01. The molecule has 1 heterocycles. The number of esters is 1. The van der Waals surface area contributed by atoms with E-state index in [1.54, 1.807) is 19.2 Å². The molecule has 0 radical (unpaired) electrons. The summed E-state index contributed by atoms with van der Waals surface area (Å²) in [6, 6.07) is 17.3. The lowest BCUT2D eigenvalue weighted by Crippen LogP contribution is -2.08. The van der Waals surface area contributed by atoms with Crippen LogP contribution in [0.15, 0.2) is 54.6 Å². The molecule has 0 amide bonds. The van der Waals surface area contributed by atoms with Gasteiger partial charge in [0.1, 0.15) is 11.6 Å². The molecule has 6 nitrogen and oxygen atoms in total. The van der Waals surface area contributed by atoms with Gasteiger partial charge in [0.15, 0.2) is 0 Å². The fourth-order valence-electron chi connectivity index (χ4n) is 3.01. The van der Waals surface area contributed by atoms with Gasteiger partial charge < -0.3 is 14.8 Å². The Hall–Kier alpha value is -3.28. The van der Waals surface area contributed by atoms with Crippen LogP contribution < -0.4 is 10.1 Å². The molecular weight excluding hydrogens is 342 g/mol. The lowest BCUT2D eigenvalue weighted by atomic mass is 10.1. The number of hydrogen-bond donors (Lipinski definition) is 1. The maximum Gasteiger partial charge on any atom is 0.340 e. The highest BCUT2D eigenvalue weighted by Gasteiger charge is 2.28. The van der Waals surface area contributed by atoms with Crippen LogP contribution in [-0.4, -0.2) is 30.0 Å². The SMILES string of the molecule is COC(=O)c1cc(OC)ccc1Nc1cc(C2CC2)nn1-c1ccccc1. The van der Waals surface area contributed by atoms with Gasteiger partial charge in [-0.15, -0.1) is 0 Å². The molecule has 27 heavy (non-hydrogen) atoms. The third kappa shape index (κ3) is 3.51. The molecule has 1 saturated carbocycles. The van der Waals surface area contributed by atoms with Crippen LogP contribution >= 0.6 is 0 Å². The van der Waals surface area contributed by atoms with E-state index in [4.69, 9.17) is 14.6 Å². The highest BCUT2D eigenvalue weighted by Crippen LogP contribution is 2.41. The van der Waals surface area contributed by atoms with E-state index in [0.717, 1.165) is 17.2 Å². The number of methoxy groups -OCH3 is 2. The average molecular weight is 363 g/mol. The minimum absolute atomic E-state index is 0.408. The van der Waals surface area contributed by atoms with Crippen molar-refractivity contribution in [3.8, 4) is 11.4 Å². The van der Waals surface area contributed by atoms with Crippen molar-refractivity contribution in [1.29, 1.82) is 0 Å². The molecule has 0 spiro atoms. The predicted octanol–water partition coefficient (Wildman–Crippen LogP) is 4.29. The molecule has 0 atom stereocenters. The first-order chi connectivity index (χ1) is 13.2. The first kappa shape index (κ1) is 17.1. The molecule has 0 bridgehead atoms. The highest BCUT2D eigenvalue weighted by atomic mass is 16.5. The molecule has 1 aliphatic carbocycles. The third-order valence-electron chi connectivity index (χ3n) is 4.62. The van der Waals surface area contributed by atoms with E-state index in [-0.39, 0.29) is 0 Å². The average Bonchev–Trinajstić information content (AvgIpc) is 3.49. The standard InChI is InChI=1S/C21H21N3O3/c1-26-16-10-11-18(17(12-16)21(25)27-2)22-20-13-19(14-8-9-14)23-24(20)15-6-4-3-5-7-15/h3-7,10-14,22H,8-9H2,1-2H3. The molecule has 6 heteroatoms. The van der Waals surface area contributed by atoms with Gasteiger partial charge >= 0.3 is 5.97 Å². The molecule has 2 aromatic carbocycles. The predicted molar refractivity (Wildman–Crippen MR) is 103 cm³/mol. The lowest BCUT2D eigenvalue weighted by molar-refractivity contribution is 0.0601. The summed E-state index contributed by atoms with van der Waals surface area (Å²) >= 11 is 0. The van der Waals surface area contributed by atoms with Crippen molar-refractivity contribution in [2.75, 3.05) is 19.5 Å². The number of hydrogen-bond acceptors (Lipinski definition) is 5. The normalized spacial score (nSPS) is 13.3. The molecule has 1 N–H and O–H groups in total. The van der Waals surface area contributed by atoms with Gasteiger partial charge in [-0.1, -0.05) is 18.2 Å². The molecule has 0 aliphatic heterocycles. The fraction of sp³-hybridized carbons (Fsp3) is 0.238. The minimum atomic E-state index is -0.426.